The highest BCUT2D eigenvalue weighted by Crippen LogP contribution is 2.20. The van der Waals surface area contributed by atoms with E-state index in [-0.39, 0.29) is 18.8 Å². The lowest BCUT2D eigenvalue weighted by Gasteiger charge is -2.29. The fraction of sp³-hybridized carbons (Fsp3) is 0.435. The number of hydrogen-bond donors (Lipinski definition) is 1. The van der Waals surface area contributed by atoms with Crippen LogP contribution in [-0.2, 0) is 20.8 Å². The van der Waals surface area contributed by atoms with Gasteiger partial charge in [0.05, 0.1) is 25.9 Å². The molecule has 3 rings (SSSR count). The fourth-order valence-electron chi connectivity index (χ4n) is 3.21. The lowest BCUT2D eigenvalue weighted by molar-refractivity contribution is -0.0427. The van der Waals surface area contributed by atoms with Crippen molar-refractivity contribution in [3.63, 3.8) is 0 Å². The zero-order valence-electron chi connectivity index (χ0n) is 16.8. The minimum Gasteiger partial charge on any atom is -0.468 e. The van der Waals surface area contributed by atoms with Gasteiger partial charge in [-0.3, -0.25) is 4.79 Å². The van der Waals surface area contributed by atoms with Gasteiger partial charge in [0, 0.05) is 25.1 Å². The van der Waals surface area contributed by atoms with E-state index in [1.54, 1.807) is 31.4 Å². The molecule has 29 heavy (non-hydrogen) atoms. The van der Waals surface area contributed by atoms with E-state index >= 15 is 0 Å². The van der Waals surface area contributed by atoms with Crippen LogP contribution in [0.3, 0.4) is 0 Å². The predicted octanol–water partition coefficient (Wildman–Crippen LogP) is 3.41. The van der Waals surface area contributed by atoms with E-state index in [1.807, 2.05) is 18.2 Å². The van der Waals surface area contributed by atoms with Crippen molar-refractivity contribution in [2.75, 3.05) is 33.7 Å². The van der Waals surface area contributed by atoms with Gasteiger partial charge >= 0.3 is 0 Å². The number of methoxy groups -OCH3 is 1. The van der Waals surface area contributed by atoms with E-state index in [9.17, 15) is 4.79 Å². The highest BCUT2D eigenvalue weighted by molar-refractivity contribution is 5.94. The maximum atomic E-state index is 12.3. The second kappa shape index (κ2) is 11.6. The van der Waals surface area contributed by atoms with Gasteiger partial charge in [0.2, 0.25) is 0 Å². The van der Waals surface area contributed by atoms with Crippen molar-refractivity contribution in [3.05, 3.63) is 65.7 Å². The molecule has 0 aromatic heterocycles. The molecule has 0 bridgehead atoms. The Balaban J connectivity index is 1.31. The molecule has 156 valence electrons. The Bertz CT molecular complexity index is 727. The summed E-state index contributed by atoms with van der Waals surface area (Å²) in [4.78, 5) is 12.3. The molecule has 0 saturated carbocycles. The molecule has 0 spiro atoms. The van der Waals surface area contributed by atoms with E-state index in [0.717, 1.165) is 12.8 Å². The smallest absolute Gasteiger partial charge is 0.251 e. The zero-order valence-corrected chi connectivity index (χ0v) is 16.8. The average molecular weight is 399 g/mol. The zero-order chi connectivity index (χ0) is 20.3. The number of nitrogens with one attached hydrogen (secondary N) is 1. The SMILES string of the molecule is COCOc1ccc(C(=O)NCC2CCC(COCc3ccccc3)CO2)cc1. The van der Waals surface area contributed by atoms with Gasteiger partial charge in [0.25, 0.3) is 5.91 Å². The quantitative estimate of drug-likeness (QED) is 0.620. The molecule has 2 unspecified atom stereocenters. The molecule has 2 aromatic carbocycles. The van der Waals surface area contributed by atoms with Gasteiger partial charge in [-0.15, -0.1) is 0 Å². The molecule has 1 saturated heterocycles. The van der Waals surface area contributed by atoms with Crippen LogP contribution in [0.1, 0.15) is 28.8 Å². The monoisotopic (exact) mass is 399 g/mol. The lowest BCUT2D eigenvalue weighted by Crippen LogP contribution is -2.38. The van der Waals surface area contributed by atoms with Crippen LogP contribution in [0.5, 0.6) is 5.75 Å². The Morgan fingerprint density at radius 2 is 1.90 bits per heavy atom. The topological polar surface area (TPSA) is 66.0 Å². The van der Waals surface area contributed by atoms with Gasteiger partial charge < -0.3 is 24.3 Å². The second-order valence-corrected chi connectivity index (χ2v) is 7.18. The Labute approximate surface area is 172 Å². The summed E-state index contributed by atoms with van der Waals surface area (Å²) in [6.45, 7) is 2.69. The molecule has 1 heterocycles. The van der Waals surface area contributed by atoms with Crippen molar-refractivity contribution >= 4 is 5.91 Å². The van der Waals surface area contributed by atoms with Gasteiger partial charge in [-0.1, -0.05) is 30.3 Å². The summed E-state index contributed by atoms with van der Waals surface area (Å²) in [6, 6.07) is 17.2. The summed E-state index contributed by atoms with van der Waals surface area (Å²) in [5.74, 6) is 0.963. The number of hydrogen-bond acceptors (Lipinski definition) is 5. The van der Waals surface area contributed by atoms with Crippen molar-refractivity contribution in [1.29, 1.82) is 0 Å². The average Bonchev–Trinajstić information content (AvgIpc) is 2.78. The molecule has 1 amide bonds. The molecule has 1 fully saturated rings. The molecule has 1 N–H and O–H groups in total. The molecule has 1 aliphatic rings. The Morgan fingerprint density at radius 1 is 1.10 bits per heavy atom. The third kappa shape index (κ3) is 7.16. The van der Waals surface area contributed by atoms with Crippen molar-refractivity contribution in [1.82, 2.24) is 5.32 Å². The summed E-state index contributed by atoms with van der Waals surface area (Å²) >= 11 is 0. The Kier molecular flexibility index (Phi) is 8.49. The van der Waals surface area contributed by atoms with Crippen molar-refractivity contribution < 1.29 is 23.7 Å². The number of amides is 1. The predicted molar refractivity (Wildman–Crippen MR) is 110 cm³/mol. The van der Waals surface area contributed by atoms with Crippen LogP contribution in [0.2, 0.25) is 0 Å². The highest BCUT2D eigenvalue weighted by atomic mass is 16.7. The number of carbonyl (C=O) groups excluding carboxylic acids is 1. The van der Waals surface area contributed by atoms with Crippen LogP contribution < -0.4 is 10.1 Å². The third-order valence-corrected chi connectivity index (χ3v) is 4.88. The molecule has 2 atom stereocenters. The summed E-state index contributed by atoms with van der Waals surface area (Å²) in [7, 11) is 1.56. The van der Waals surface area contributed by atoms with Crippen LogP contribution in [0.4, 0.5) is 0 Å². The standard InChI is InChI=1S/C23H29NO5/c1-26-17-29-21-11-8-20(9-12-21)23(25)24-13-22-10-7-19(16-28-22)15-27-14-18-5-3-2-4-6-18/h2-6,8-9,11-12,19,22H,7,10,13-17H2,1H3,(H,24,25). The molecule has 6 heteroatoms. The largest absolute Gasteiger partial charge is 0.468 e. The molecular formula is C23H29NO5. The summed E-state index contributed by atoms with van der Waals surface area (Å²) in [5.41, 5.74) is 1.78. The highest BCUT2D eigenvalue weighted by Gasteiger charge is 2.22. The first-order valence-corrected chi connectivity index (χ1v) is 9.98. The van der Waals surface area contributed by atoms with Crippen LogP contribution in [0.15, 0.2) is 54.6 Å². The van der Waals surface area contributed by atoms with Crippen molar-refractivity contribution in [3.8, 4) is 5.75 Å². The van der Waals surface area contributed by atoms with Crippen LogP contribution in [0, 0.1) is 5.92 Å². The molecule has 2 aromatic rings. The first-order valence-electron chi connectivity index (χ1n) is 9.98. The van der Waals surface area contributed by atoms with Crippen molar-refractivity contribution in [2.45, 2.75) is 25.6 Å². The van der Waals surface area contributed by atoms with Crippen LogP contribution in [0.25, 0.3) is 0 Å². The normalized spacial score (nSPS) is 18.9. The van der Waals surface area contributed by atoms with Gasteiger partial charge in [-0.2, -0.15) is 0 Å². The first kappa shape index (κ1) is 21.3. The number of benzene rings is 2. The van der Waals surface area contributed by atoms with E-state index in [1.165, 1.54) is 5.56 Å². The molecule has 1 aliphatic heterocycles. The van der Waals surface area contributed by atoms with Gasteiger partial charge in [-0.05, 0) is 42.7 Å². The maximum Gasteiger partial charge on any atom is 0.251 e. The molecular weight excluding hydrogens is 370 g/mol. The Hall–Kier alpha value is -2.41. The molecule has 0 aliphatic carbocycles. The van der Waals surface area contributed by atoms with E-state index in [4.69, 9.17) is 18.9 Å². The van der Waals surface area contributed by atoms with Crippen molar-refractivity contribution in [2.24, 2.45) is 5.92 Å². The number of rotatable bonds is 10. The van der Waals surface area contributed by atoms with Crippen LogP contribution in [-0.4, -0.2) is 45.7 Å². The second-order valence-electron chi connectivity index (χ2n) is 7.18. The lowest BCUT2D eigenvalue weighted by atomic mass is 9.99. The minimum atomic E-state index is -0.111. The summed E-state index contributed by atoms with van der Waals surface area (Å²) in [5, 5.41) is 2.95. The summed E-state index contributed by atoms with van der Waals surface area (Å²) in [6.07, 6.45) is 2.01. The van der Waals surface area contributed by atoms with Gasteiger partial charge in [0.15, 0.2) is 6.79 Å². The maximum absolute atomic E-state index is 12.3. The number of ether oxygens (including phenoxy) is 4. The number of carbonyl (C=O) groups is 1. The third-order valence-electron chi connectivity index (χ3n) is 4.88. The molecule has 6 nitrogen and oxygen atoms in total. The van der Waals surface area contributed by atoms with E-state index in [2.05, 4.69) is 17.4 Å². The Morgan fingerprint density at radius 3 is 2.59 bits per heavy atom. The van der Waals surface area contributed by atoms with E-state index < -0.39 is 0 Å². The van der Waals surface area contributed by atoms with Gasteiger partial charge in [-0.25, -0.2) is 0 Å². The minimum absolute atomic E-state index is 0.0497. The van der Waals surface area contributed by atoms with Gasteiger partial charge in [0.1, 0.15) is 5.75 Å². The first-order chi connectivity index (χ1) is 14.2. The summed E-state index contributed by atoms with van der Waals surface area (Å²) < 4.78 is 21.9. The van der Waals surface area contributed by atoms with E-state index in [0.29, 0.717) is 43.6 Å². The fourth-order valence-corrected chi connectivity index (χ4v) is 3.21. The molecule has 0 radical (unpaired) electrons. The van der Waals surface area contributed by atoms with Crippen LogP contribution >= 0.6 is 0 Å².